The van der Waals surface area contributed by atoms with E-state index >= 15 is 0 Å². The molecule has 3 nitrogen and oxygen atoms in total. The van der Waals surface area contributed by atoms with Gasteiger partial charge in [0.2, 0.25) is 0 Å². The first kappa shape index (κ1) is 15.5. The zero-order valence-corrected chi connectivity index (χ0v) is 13.5. The first-order valence-electron chi connectivity index (χ1n) is 7.35. The van der Waals surface area contributed by atoms with Gasteiger partial charge in [-0.1, -0.05) is 17.6 Å². The molecule has 2 heterocycles. The van der Waals surface area contributed by atoms with Crippen LogP contribution < -0.4 is 5.32 Å². The number of rotatable bonds is 1. The van der Waals surface area contributed by atoms with Crippen LogP contribution in [0.4, 0.5) is 0 Å². The summed E-state index contributed by atoms with van der Waals surface area (Å²) in [5.74, 6) is 6.22. The van der Waals surface area contributed by atoms with Crippen LogP contribution in [0.25, 0.3) is 0 Å². The summed E-state index contributed by atoms with van der Waals surface area (Å²) in [6, 6.07) is 5.90. The lowest BCUT2D eigenvalue weighted by atomic mass is 10.0. The number of nitrogens with zero attached hydrogens (tertiary/aromatic N) is 2. The van der Waals surface area contributed by atoms with Crippen molar-refractivity contribution in [2.75, 3.05) is 19.6 Å². The van der Waals surface area contributed by atoms with Crippen molar-refractivity contribution in [2.45, 2.75) is 26.7 Å². The summed E-state index contributed by atoms with van der Waals surface area (Å²) >= 11 is 5.33. The maximum absolute atomic E-state index is 5.33. The number of thiocarbonyl (C=S) groups is 1. The van der Waals surface area contributed by atoms with E-state index in [1.807, 2.05) is 31.2 Å². The number of pyridine rings is 1. The van der Waals surface area contributed by atoms with Gasteiger partial charge in [0.05, 0.1) is 0 Å². The molecule has 0 radical (unpaired) electrons. The molecule has 1 aliphatic rings. The minimum Gasteiger partial charge on any atom is -0.363 e. The van der Waals surface area contributed by atoms with Gasteiger partial charge in [-0.15, -0.1) is 0 Å². The Hall–Kier alpha value is -1.86. The van der Waals surface area contributed by atoms with Crippen molar-refractivity contribution in [3.63, 3.8) is 0 Å². The standard InChI is InChI=1S/C17H21N3S/c1-3-18-17(21)20-12-10-15(11-13-20)7-5-9-16-8-4-6-14(2)19-16/h4,6-8H,3,10-13H2,1-2H3,(H,18,21). The smallest absolute Gasteiger partial charge is 0.168 e. The van der Waals surface area contributed by atoms with E-state index in [-0.39, 0.29) is 0 Å². The Bertz CT molecular complexity index is 586. The lowest BCUT2D eigenvalue weighted by molar-refractivity contribution is 0.383. The van der Waals surface area contributed by atoms with Crippen molar-refractivity contribution in [1.82, 2.24) is 15.2 Å². The average molecular weight is 299 g/mol. The van der Waals surface area contributed by atoms with Gasteiger partial charge in [-0.3, -0.25) is 0 Å². The molecule has 0 amide bonds. The summed E-state index contributed by atoms with van der Waals surface area (Å²) in [5, 5.41) is 4.07. The van der Waals surface area contributed by atoms with Crippen molar-refractivity contribution in [1.29, 1.82) is 0 Å². The van der Waals surface area contributed by atoms with E-state index in [4.69, 9.17) is 12.2 Å². The third-order valence-electron chi connectivity index (χ3n) is 3.39. The molecule has 110 valence electrons. The van der Waals surface area contributed by atoms with Crippen molar-refractivity contribution in [3.05, 3.63) is 41.2 Å². The normalized spacial score (nSPS) is 14.2. The Balaban J connectivity index is 1.89. The van der Waals surface area contributed by atoms with Gasteiger partial charge in [0.15, 0.2) is 5.11 Å². The SMILES string of the molecule is CCNC(=S)N1CCC(=CC#Cc2cccc(C)n2)CC1. The summed E-state index contributed by atoms with van der Waals surface area (Å²) in [4.78, 5) is 6.60. The van der Waals surface area contributed by atoms with Crippen LogP contribution in [0, 0.1) is 18.8 Å². The maximum atomic E-state index is 5.33. The van der Waals surface area contributed by atoms with E-state index in [1.54, 1.807) is 0 Å². The molecule has 0 unspecified atom stereocenters. The van der Waals surface area contributed by atoms with E-state index in [0.717, 1.165) is 49.0 Å². The quantitative estimate of drug-likeness (QED) is 0.637. The van der Waals surface area contributed by atoms with Crippen LogP contribution >= 0.6 is 12.2 Å². The van der Waals surface area contributed by atoms with E-state index in [0.29, 0.717) is 0 Å². The van der Waals surface area contributed by atoms with Crippen molar-refractivity contribution >= 4 is 17.3 Å². The molecule has 0 saturated carbocycles. The fraction of sp³-hybridized carbons (Fsp3) is 0.412. The highest BCUT2D eigenvalue weighted by atomic mass is 32.1. The summed E-state index contributed by atoms with van der Waals surface area (Å²) in [6.07, 6.45) is 4.10. The molecule has 0 bridgehead atoms. The predicted octanol–water partition coefficient (Wildman–Crippen LogP) is 2.66. The Morgan fingerprint density at radius 3 is 2.86 bits per heavy atom. The number of piperidine rings is 1. The fourth-order valence-electron chi connectivity index (χ4n) is 2.23. The van der Waals surface area contributed by atoms with Gasteiger partial charge < -0.3 is 10.2 Å². The van der Waals surface area contributed by atoms with Gasteiger partial charge in [0.1, 0.15) is 5.69 Å². The van der Waals surface area contributed by atoms with Gasteiger partial charge in [0, 0.05) is 25.3 Å². The summed E-state index contributed by atoms with van der Waals surface area (Å²) < 4.78 is 0. The first-order chi connectivity index (χ1) is 10.2. The van der Waals surface area contributed by atoms with Crippen LogP contribution in [0.5, 0.6) is 0 Å². The second-order valence-corrected chi connectivity index (χ2v) is 5.45. The largest absolute Gasteiger partial charge is 0.363 e. The van der Waals surface area contributed by atoms with Crippen LogP contribution in [0.3, 0.4) is 0 Å². The highest BCUT2D eigenvalue weighted by Gasteiger charge is 2.15. The molecule has 4 heteroatoms. The van der Waals surface area contributed by atoms with Crippen LogP contribution in [0.2, 0.25) is 0 Å². The van der Waals surface area contributed by atoms with Gasteiger partial charge in [0.25, 0.3) is 0 Å². The topological polar surface area (TPSA) is 28.2 Å². The highest BCUT2D eigenvalue weighted by molar-refractivity contribution is 7.80. The maximum Gasteiger partial charge on any atom is 0.168 e. The molecule has 1 saturated heterocycles. The van der Waals surface area contributed by atoms with E-state index in [2.05, 4.69) is 34.0 Å². The Labute approximate surface area is 132 Å². The minimum atomic E-state index is 0.831. The number of allylic oxidation sites excluding steroid dienone is 1. The Morgan fingerprint density at radius 1 is 1.43 bits per heavy atom. The minimum absolute atomic E-state index is 0.831. The van der Waals surface area contributed by atoms with Crippen molar-refractivity contribution in [2.24, 2.45) is 0 Å². The van der Waals surface area contributed by atoms with Gasteiger partial charge in [-0.25, -0.2) is 4.98 Å². The lowest BCUT2D eigenvalue weighted by Gasteiger charge is -2.30. The molecule has 1 N–H and O–H groups in total. The third kappa shape index (κ3) is 4.87. The summed E-state index contributed by atoms with van der Waals surface area (Å²) in [5.41, 5.74) is 3.23. The van der Waals surface area contributed by atoms with Crippen LogP contribution in [0.1, 0.15) is 31.2 Å². The zero-order chi connectivity index (χ0) is 15.1. The second kappa shape index (κ2) is 7.80. The lowest BCUT2D eigenvalue weighted by Crippen LogP contribution is -2.42. The molecule has 0 aromatic carbocycles. The van der Waals surface area contributed by atoms with E-state index in [9.17, 15) is 0 Å². The summed E-state index contributed by atoms with van der Waals surface area (Å²) in [7, 11) is 0. The summed E-state index contributed by atoms with van der Waals surface area (Å²) in [6.45, 7) is 6.88. The second-order valence-electron chi connectivity index (χ2n) is 5.06. The molecule has 21 heavy (non-hydrogen) atoms. The molecule has 0 spiro atoms. The monoisotopic (exact) mass is 299 g/mol. The Kier molecular flexibility index (Phi) is 5.77. The number of hydrogen-bond donors (Lipinski definition) is 1. The number of nitrogens with one attached hydrogen (secondary N) is 1. The van der Waals surface area contributed by atoms with E-state index < -0.39 is 0 Å². The molecule has 0 atom stereocenters. The molecule has 1 fully saturated rings. The van der Waals surface area contributed by atoms with Gasteiger partial charge >= 0.3 is 0 Å². The predicted molar refractivity (Wildman–Crippen MR) is 91.0 cm³/mol. The first-order valence-corrected chi connectivity index (χ1v) is 7.75. The van der Waals surface area contributed by atoms with Gasteiger partial charge in [-0.05, 0) is 63.0 Å². The van der Waals surface area contributed by atoms with Gasteiger partial charge in [-0.2, -0.15) is 0 Å². The molecule has 1 aromatic heterocycles. The van der Waals surface area contributed by atoms with Crippen LogP contribution in [-0.2, 0) is 0 Å². The molecule has 1 aliphatic heterocycles. The number of aromatic nitrogens is 1. The molecule has 0 aliphatic carbocycles. The third-order valence-corrected chi connectivity index (χ3v) is 3.79. The molecule has 1 aromatic rings. The van der Waals surface area contributed by atoms with Crippen LogP contribution in [-0.4, -0.2) is 34.6 Å². The molecule has 2 rings (SSSR count). The average Bonchev–Trinajstić information content (AvgIpc) is 2.48. The van der Waals surface area contributed by atoms with E-state index in [1.165, 1.54) is 5.57 Å². The van der Waals surface area contributed by atoms with Crippen molar-refractivity contribution in [3.8, 4) is 11.8 Å². The Morgan fingerprint density at radius 2 is 2.19 bits per heavy atom. The van der Waals surface area contributed by atoms with Crippen molar-refractivity contribution < 1.29 is 0 Å². The van der Waals surface area contributed by atoms with Crippen LogP contribution in [0.15, 0.2) is 29.8 Å². The number of likely N-dealkylation sites (tertiary alicyclic amines) is 1. The fourth-order valence-corrected chi connectivity index (χ4v) is 2.56. The highest BCUT2D eigenvalue weighted by Crippen LogP contribution is 2.15. The molecular weight excluding hydrogens is 278 g/mol. The number of hydrogen-bond acceptors (Lipinski definition) is 2. The molecular formula is C17H21N3S. The zero-order valence-electron chi connectivity index (χ0n) is 12.6. The number of aryl methyl sites for hydroxylation is 1.